The average molecular weight is 322 g/mol. The molecular formula is C15H22N4O4. The summed E-state index contributed by atoms with van der Waals surface area (Å²) in [6, 6.07) is 1.91. The molecule has 3 heterocycles. The standard InChI is InChI=1S/C15H22N4O4/c20-14(21)3-2-11-8-12-10-18(5-1-6-19(12)17-11)15(22)13-9-16-4-7-23-13/h8,13,16H,1-7,9-10H2,(H,20,21)/t13-/m1/s1. The lowest BCUT2D eigenvalue weighted by molar-refractivity contribution is -0.145. The van der Waals surface area contributed by atoms with Crippen molar-refractivity contribution in [1.82, 2.24) is 20.0 Å². The summed E-state index contributed by atoms with van der Waals surface area (Å²) in [5.41, 5.74) is 1.73. The Hall–Kier alpha value is -1.93. The molecule has 2 aliphatic heterocycles. The number of nitrogens with zero attached hydrogens (tertiary/aromatic N) is 3. The molecular weight excluding hydrogens is 300 g/mol. The van der Waals surface area contributed by atoms with E-state index in [4.69, 9.17) is 9.84 Å². The van der Waals surface area contributed by atoms with Crippen LogP contribution in [0.3, 0.4) is 0 Å². The number of aryl methyl sites for hydroxylation is 2. The van der Waals surface area contributed by atoms with E-state index in [1.54, 1.807) is 0 Å². The van der Waals surface area contributed by atoms with Crippen LogP contribution in [0.5, 0.6) is 0 Å². The van der Waals surface area contributed by atoms with Gasteiger partial charge in [0.2, 0.25) is 0 Å². The van der Waals surface area contributed by atoms with Crippen LogP contribution >= 0.6 is 0 Å². The molecule has 0 unspecified atom stereocenters. The number of carbonyl (C=O) groups is 2. The minimum absolute atomic E-state index is 0.0129. The van der Waals surface area contributed by atoms with Crippen molar-refractivity contribution >= 4 is 11.9 Å². The van der Waals surface area contributed by atoms with Crippen molar-refractivity contribution < 1.29 is 19.4 Å². The first kappa shape index (κ1) is 15.9. The predicted octanol–water partition coefficient (Wildman–Crippen LogP) is -0.379. The first-order valence-electron chi connectivity index (χ1n) is 8.02. The molecule has 2 N–H and O–H groups in total. The Labute approximate surface area is 134 Å². The van der Waals surface area contributed by atoms with Gasteiger partial charge in [0, 0.05) is 32.6 Å². The molecule has 1 fully saturated rings. The second kappa shape index (κ2) is 7.10. The number of amides is 1. The van der Waals surface area contributed by atoms with Crippen molar-refractivity contribution in [3.05, 3.63) is 17.5 Å². The van der Waals surface area contributed by atoms with Crippen LogP contribution in [-0.2, 0) is 33.8 Å². The van der Waals surface area contributed by atoms with Crippen LogP contribution < -0.4 is 5.32 Å². The van der Waals surface area contributed by atoms with Crippen molar-refractivity contribution in [2.75, 3.05) is 26.2 Å². The van der Waals surface area contributed by atoms with E-state index in [2.05, 4.69) is 10.4 Å². The highest BCUT2D eigenvalue weighted by atomic mass is 16.5. The Bertz CT molecular complexity index is 580. The van der Waals surface area contributed by atoms with E-state index in [-0.39, 0.29) is 12.3 Å². The second-order valence-electron chi connectivity index (χ2n) is 5.92. The molecule has 0 aliphatic carbocycles. The number of aliphatic carboxylic acids is 1. The zero-order valence-corrected chi connectivity index (χ0v) is 13.0. The van der Waals surface area contributed by atoms with Gasteiger partial charge in [-0.05, 0) is 12.5 Å². The number of carboxylic acids is 1. The fraction of sp³-hybridized carbons (Fsp3) is 0.667. The first-order valence-corrected chi connectivity index (χ1v) is 8.02. The molecule has 1 aromatic rings. The summed E-state index contributed by atoms with van der Waals surface area (Å²) in [7, 11) is 0. The Balaban J connectivity index is 1.67. The number of rotatable bonds is 4. The highest BCUT2D eigenvalue weighted by molar-refractivity contribution is 5.81. The molecule has 0 saturated carbocycles. The SMILES string of the molecule is O=C(O)CCc1cc2n(n1)CCCN(C(=O)[C@H]1CNCCO1)C2. The summed E-state index contributed by atoms with van der Waals surface area (Å²) < 4.78 is 7.44. The van der Waals surface area contributed by atoms with Gasteiger partial charge < -0.3 is 20.1 Å². The molecule has 1 atom stereocenters. The molecule has 0 bridgehead atoms. The maximum Gasteiger partial charge on any atom is 0.303 e. The quantitative estimate of drug-likeness (QED) is 0.784. The van der Waals surface area contributed by atoms with Crippen LogP contribution in [0.4, 0.5) is 0 Å². The molecule has 0 radical (unpaired) electrons. The third-order valence-electron chi connectivity index (χ3n) is 4.17. The van der Waals surface area contributed by atoms with Gasteiger partial charge in [-0.3, -0.25) is 14.3 Å². The number of ether oxygens (including phenoxy) is 1. The Morgan fingerprint density at radius 2 is 2.30 bits per heavy atom. The minimum atomic E-state index is -0.827. The van der Waals surface area contributed by atoms with Crippen molar-refractivity contribution in [2.45, 2.75) is 38.5 Å². The van der Waals surface area contributed by atoms with E-state index in [0.29, 0.717) is 32.7 Å². The molecule has 0 aromatic carbocycles. The maximum atomic E-state index is 12.6. The molecule has 1 aromatic heterocycles. The van der Waals surface area contributed by atoms with Crippen LogP contribution in [0.1, 0.15) is 24.2 Å². The molecule has 8 nitrogen and oxygen atoms in total. The molecule has 2 aliphatic rings. The fourth-order valence-corrected chi connectivity index (χ4v) is 2.99. The number of morpholine rings is 1. The summed E-state index contributed by atoms with van der Waals surface area (Å²) in [6.07, 6.45) is 0.906. The Kier molecular flexibility index (Phi) is 4.92. The lowest BCUT2D eigenvalue weighted by Crippen LogP contribution is -2.49. The monoisotopic (exact) mass is 322 g/mol. The van der Waals surface area contributed by atoms with Crippen molar-refractivity contribution in [1.29, 1.82) is 0 Å². The van der Waals surface area contributed by atoms with Crippen LogP contribution in [0.2, 0.25) is 0 Å². The van der Waals surface area contributed by atoms with Gasteiger partial charge in [-0.15, -0.1) is 0 Å². The summed E-state index contributed by atoms with van der Waals surface area (Å²) in [4.78, 5) is 25.1. The highest BCUT2D eigenvalue weighted by Gasteiger charge is 2.28. The van der Waals surface area contributed by atoms with Crippen LogP contribution in [-0.4, -0.2) is 64.0 Å². The van der Waals surface area contributed by atoms with E-state index < -0.39 is 12.1 Å². The van der Waals surface area contributed by atoms with Crippen LogP contribution in [0, 0.1) is 0 Å². The Morgan fingerprint density at radius 1 is 1.43 bits per heavy atom. The van der Waals surface area contributed by atoms with Crippen LogP contribution in [0.25, 0.3) is 0 Å². The van der Waals surface area contributed by atoms with Gasteiger partial charge in [0.05, 0.1) is 31.0 Å². The van der Waals surface area contributed by atoms with Gasteiger partial charge in [0.25, 0.3) is 5.91 Å². The van der Waals surface area contributed by atoms with Gasteiger partial charge in [0.1, 0.15) is 6.10 Å². The van der Waals surface area contributed by atoms with Gasteiger partial charge in [0.15, 0.2) is 0 Å². The summed E-state index contributed by atoms with van der Waals surface area (Å²) in [6.45, 7) is 3.82. The largest absolute Gasteiger partial charge is 0.481 e. The zero-order valence-electron chi connectivity index (χ0n) is 13.0. The average Bonchev–Trinajstić information content (AvgIpc) is 2.83. The number of hydrogen-bond donors (Lipinski definition) is 2. The van der Waals surface area contributed by atoms with E-state index >= 15 is 0 Å². The van der Waals surface area contributed by atoms with Gasteiger partial charge in [-0.1, -0.05) is 0 Å². The minimum Gasteiger partial charge on any atom is -0.481 e. The van der Waals surface area contributed by atoms with Gasteiger partial charge >= 0.3 is 5.97 Å². The van der Waals surface area contributed by atoms with Gasteiger partial charge in [-0.25, -0.2) is 0 Å². The molecule has 0 spiro atoms. The van der Waals surface area contributed by atoms with E-state index in [9.17, 15) is 9.59 Å². The number of hydrogen-bond acceptors (Lipinski definition) is 5. The third-order valence-corrected chi connectivity index (χ3v) is 4.17. The number of carboxylic acid groups (broad SMARTS) is 1. The topological polar surface area (TPSA) is 96.7 Å². The maximum absolute atomic E-state index is 12.6. The summed E-state index contributed by atoms with van der Waals surface area (Å²) in [5.74, 6) is -0.814. The Morgan fingerprint density at radius 3 is 3.04 bits per heavy atom. The van der Waals surface area contributed by atoms with Crippen molar-refractivity contribution in [2.24, 2.45) is 0 Å². The molecule has 1 amide bonds. The van der Waals surface area contributed by atoms with E-state index in [1.165, 1.54) is 0 Å². The summed E-state index contributed by atoms with van der Waals surface area (Å²) in [5, 5.41) is 16.4. The van der Waals surface area contributed by atoms with Crippen molar-refractivity contribution in [3.8, 4) is 0 Å². The highest BCUT2D eigenvalue weighted by Crippen LogP contribution is 2.16. The smallest absolute Gasteiger partial charge is 0.303 e. The third kappa shape index (κ3) is 3.89. The van der Waals surface area contributed by atoms with Crippen molar-refractivity contribution in [3.63, 3.8) is 0 Å². The first-order chi connectivity index (χ1) is 11.1. The number of nitrogens with one attached hydrogen (secondary N) is 1. The molecule has 3 rings (SSSR count). The predicted molar refractivity (Wildman–Crippen MR) is 80.8 cm³/mol. The number of aromatic nitrogens is 2. The van der Waals surface area contributed by atoms with Gasteiger partial charge in [-0.2, -0.15) is 5.10 Å². The molecule has 23 heavy (non-hydrogen) atoms. The number of fused-ring (bicyclic) bond motifs is 1. The summed E-state index contributed by atoms with van der Waals surface area (Å²) >= 11 is 0. The lowest BCUT2D eigenvalue weighted by atomic mass is 10.2. The second-order valence-corrected chi connectivity index (χ2v) is 5.92. The normalized spacial score (nSPS) is 21.6. The van der Waals surface area contributed by atoms with E-state index in [1.807, 2.05) is 15.6 Å². The molecule has 8 heteroatoms. The van der Waals surface area contributed by atoms with Crippen LogP contribution in [0.15, 0.2) is 6.07 Å². The van der Waals surface area contributed by atoms with E-state index in [0.717, 1.165) is 30.9 Å². The molecule has 126 valence electrons. The lowest BCUT2D eigenvalue weighted by Gasteiger charge is -2.28. The number of carbonyl (C=O) groups excluding carboxylic acids is 1. The molecule has 1 saturated heterocycles. The zero-order chi connectivity index (χ0) is 16.2. The fourth-order valence-electron chi connectivity index (χ4n) is 2.99.